The van der Waals surface area contributed by atoms with Crippen molar-refractivity contribution in [2.45, 2.75) is 52.5 Å². The summed E-state index contributed by atoms with van der Waals surface area (Å²) in [5, 5.41) is 0. The van der Waals surface area contributed by atoms with Crippen LogP contribution in [0.1, 0.15) is 51.5 Å². The summed E-state index contributed by atoms with van der Waals surface area (Å²) in [6, 6.07) is 10.3. The van der Waals surface area contributed by atoms with E-state index in [1.54, 1.807) is 0 Å². The summed E-state index contributed by atoms with van der Waals surface area (Å²) in [5.41, 5.74) is 0.968. The molecule has 0 bridgehead atoms. The highest BCUT2D eigenvalue weighted by Gasteiger charge is 2.42. The van der Waals surface area contributed by atoms with E-state index in [1.165, 1.54) is 18.4 Å². The molecule has 0 N–H and O–H groups in total. The van der Waals surface area contributed by atoms with E-state index in [-0.39, 0.29) is 5.41 Å². The molecule has 2 heteroatoms. The van der Waals surface area contributed by atoms with Gasteiger partial charge in [-0.1, -0.05) is 69.2 Å². The van der Waals surface area contributed by atoms with Crippen LogP contribution in [0.2, 0.25) is 0 Å². The van der Waals surface area contributed by atoms with Gasteiger partial charge >= 0.3 is 0 Å². The predicted molar refractivity (Wildman–Crippen MR) is 87.9 cm³/mol. The van der Waals surface area contributed by atoms with Crippen LogP contribution in [0.3, 0.4) is 0 Å². The number of carbonyl (C=O) groups is 1. The standard InChI is InChI=1S/C19H27NO/c1-3-5-6-10-13-19(4-2)14-15-20(18(19)21)16-17-11-8-7-9-12-17/h7-13H,3-6,14-16H2,1-2H3/b13-10+/t19-/m1/s1. The molecule has 1 saturated heterocycles. The van der Waals surface area contributed by atoms with E-state index in [0.717, 1.165) is 32.4 Å². The Labute approximate surface area is 128 Å². The normalized spacial score (nSPS) is 22.4. The van der Waals surface area contributed by atoms with Crippen molar-refractivity contribution in [3.8, 4) is 0 Å². The molecule has 1 fully saturated rings. The van der Waals surface area contributed by atoms with E-state index in [4.69, 9.17) is 0 Å². The fourth-order valence-electron chi connectivity index (χ4n) is 3.04. The van der Waals surface area contributed by atoms with Crippen molar-refractivity contribution < 1.29 is 4.79 Å². The predicted octanol–water partition coefficient (Wildman–Crippen LogP) is 4.56. The molecule has 2 nitrogen and oxygen atoms in total. The molecule has 0 aliphatic carbocycles. The second-order valence-electron chi connectivity index (χ2n) is 6.02. The Kier molecular flexibility index (Phi) is 5.60. The summed E-state index contributed by atoms with van der Waals surface area (Å²) in [7, 11) is 0. The number of unbranched alkanes of at least 4 members (excludes halogenated alkanes) is 2. The van der Waals surface area contributed by atoms with Crippen molar-refractivity contribution in [3.63, 3.8) is 0 Å². The third kappa shape index (κ3) is 3.75. The van der Waals surface area contributed by atoms with Crippen molar-refractivity contribution in [1.82, 2.24) is 4.90 Å². The van der Waals surface area contributed by atoms with Gasteiger partial charge in [-0.2, -0.15) is 0 Å². The van der Waals surface area contributed by atoms with E-state index in [2.05, 4.69) is 38.1 Å². The Balaban J connectivity index is 2.02. The topological polar surface area (TPSA) is 20.3 Å². The van der Waals surface area contributed by atoms with Crippen LogP contribution in [-0.4, -0.2) is 17.4 Å². The largest absolute Gasteiger partial charge is 0.338 e. The molecule has 114 valence electrons. The van der Waals surface area contributed by atoms with Gasteiger partial charge in [0.25, 0.3) is 0 Å². The van der Waals surface area contributed by atoms with Crippen molar-refractivity contribution >= 4 is 5.91 Å². The number of likely N-dealkylation sites (tertiary alicyclic amines) is 1. The maximum absolute atomic E-state index is 12.8. The lowest BCUT2D eigenvalue weighted by Gasteiger charge is -2.23. The Bertz CT molecular complexity index is 480. The van der Waals surface area contributed by atoms with E-state index in [1.807, 2.05) is 23.1 Å². The minimum absolute atomic E-state index is 0.247. The molecule has 1 aliphatic rings. The smallest absolute Gasteiger partial charge is 0.232 e. The number of hydrogen-bond acceptors (Lipinski definition) is 1. The fraction of sp³-hybridized carbons (Fsp3) is 0.526. The highest BCUT2D eigenvalue weighted by Crippen LogP contribution is 2.37. The second kappa shape index (κ2) is 7.44. The van der Waals surface area contributed by atoms with Gasteiger partial charge in [-0.15, -0.1) is 0 Å². The first-order valence-electron chi connectivity index (χ1n) is 8.23. The SMILES string of the molecule is CCCC/C=C/[C@]1(CC)CCN(Cc2ccccc2)C1=O. The molecule has 0 aromatic heterocycles. The first-order valence-corrected chi connectivity index (χ1v) is 8.23. The minimum Gasteiger partial charge on any atom is -0.338 e. The molecule has 0 spiro atoms. The van der Waals surface area contributed by atoms with Crippen LogP contribution in [0, 0.1) is 5.41 Å². The third-order valence-electron chi connectivity index (χ3n) is 4.55. The van der Waals surface area contributed by atoms with Gasteiger partial charge in [0.1, 0.15) is 0 Å². The van der Waals surface area contributed by atoms with Crippen LogP contribution >= 0.6 is 0 Å². The summed E-state index contributed by atoms with van der Waals surface area (Å²) < 4.78 is 0. The lowest BCUT2D eigenvalue weighted by molar-refractivity contribution is -0.134. The average molecular weight is 285 g/mol. The molecule has 1 aliphatic heterocycles. The summed E-state index contributed by atoms with van der Waals surface area (Å²) >= 11 is 0. The molecule has 1 atom stereocenters. The molecule has 0 saturated carbocycles. The Morgan fingerprint density at radius 3 is 2.67 bits per heavy atom. The maximum atomic E-state index is 12.8. The lowest BCUT2D eigenvalue weighted by Crippen LogP contribution is -2.32. The molecule has 0 radical (unpaired) electrons. The van der Waals surface area contributed by atoms with Gasteiger partial charge in [0.05, 0.1) is 5.41 Å². The van der Waals surface area contributed by atoms with Crippen LogP contribution in [0.5, 0.6) is 0 Å². The molecule has 21 heavy (non-hydrogen) atoms. The number of nitrogens with zero attached hydrogens (tertiary/aromatic N) is 1. The molecule has 0 unspecified atom stereocenters. The maximum Gasteiger partial charge on any atom is 0.232 e. The molecular formula is C19H27NO. The zero-order valence-electron chi connectivity index (χ0n) is 13.3. The van der Waals surface area contributed by atoms with Crippen LogP contribution in [0.25, 0.3) is 0 Å². The molecule has 1 amide bonds. The van der Waals surface area contributed by atoms with Gasteiger partial charge in [0.15, 0.2) is 0 Å². The molecular weight excluding hydrogens is 258 g/mol. The summed E-state index contributed by atoms with van der Waals surface area (Å²) in [6.45, 7) is 5.95. The number of hydrogen-bond donors (Lipinski definition) is 0. The van der Waals surface area contributed by atoms with Gasteiger partial charge in [-0.3, -0.25) is 4.79 Å². The number of rotatable bonds is 7. The highest BCUT2D eigenvalue weighted by atomic mass is 16.2. The van der Waals surface area contributed by atoms with Gasteiger partial charge in [-0.25, -0.2) is 0 Å². The molecule has 1 aromatic rings. The van der Waals surface area contributed by atoms with Crippen LogP contribution in [-0.2, 0) is 11.3 Å². The first-order chi connectivity index (χ1) is 10.2. The van der Waals surface area contributed by atoms with Gasteiger partial charge in [0, 0.05) is 13.1 Å². The monoisotopic (exact) mass is 285 g/mol. The molecule has 2 rings (SSSR count). The molecule has 1 aromatic carbocycles. The zero-order valence-corrected chi connectivity index (χ0v) is 13.3. The summed E-state index contributed by atoms with van der Waals surface area (Å²) in [5.74, 6) is 0.307. The van der Waals surface area contributed by atoms with Crippen molar-refractivity contribution in [3.05, 3.63) is 48.0 Å². The van der Waals surface area contributed by atoms with Gasteiger partial charge < -0.3 is 4.90 Å². The number of benzene rings is 1. The number of carbonyl (C=O) groups excluding carboxylic acids is 1. The number of amides is 1. The van der Waals surface area contributed by atoms with E-state index < -0.39 is 0 Å². The van der Waals surface area contributed by atoms with Crippen LogP contribution in [0.15, 0.2) is 42.5 Å². The Morgan fingerprint density at radius 2 is 2.00 bits per heavy atom. The minimum atomic E-state index is -0.247. The summed E-state index contributed by atoms with van der Waals surface area (Å²) in [4.78, 5) is 14.8. The zero-order chi connectivity index (χ0) is 15.1. The van der Waals surface area contributed by atoms with E-state index in [0.29, 0.717) is 5.91 Å². The average Bonchev–Trinajstić information content (AvgIpc) is 2.83. The quantitative estimate of drug-likeness (QED) is 0.531. The van der Waals surface area contributed by atoms with Gasteiger partial charge in [0.2, 0.25) is 5.91 Å². The highest BCUT2D eigenvalue weighted by molar-refractivity contribution is 5.86. The third-order valence-corrected chi connectivity index (χ3v) is 4.55. The van der Waals surface area contributed by atoms with Crippen molar-refractivity contribution in [2.24, 2.45) is 5.41 Å². The van der Waals surface area contributed by atoms with E-state index >= 15 is 0 Å². The summed E-state index contributed by atoms with van der Waals surface area (Å²) in [6.07, 6.45) is 9.77. The van der Waals surface area contributed by atoms with Crippen molar-refractivity contribution in [1.29, 1.82) is 0 Å². The lowest BCUT2D eigenvalue weighted by atomic mass is 9.83. The van der Waals surface area contributed by atoms with Gasteiger partial charge in [-0.05, 0) is 24.8 Å². The molecule has 1 heterocycles. The van der Waals surface area contributed by atoms with Crippen molar-refractivity contribution in [2.75, 3.05) is 6.54 Å². The van der Waals surface area contributed by atoms with Crippen LogP contribution < -0.4 is 0 Å². The second-order valence-corrected chi connectivity index (χ2v) is 6.02. The Morgan fingerprint density at radius 1 is 1.24 bits per heavy atom. The fourth-order valence-corrected chi connectivity index (χ4v) is 3.04. The van der Waals surface area contributed by atoms with Crippen LogP contribution in [0.4, 0.5) is 0 Å². The first kappa shape index (κ1) is 15.8. The van der Waals surface area contributed by atoms with E-state index in [9.17, 15) is 4.79 Å². The number of allylic oxidation sites excluding steroid dienone is 1. The Hall–Kier alpha value is -1.57.